The van der Waals surface area contributed by atoms with Gasteiger partial charge < -0.3 is 9.80 Å². The van der Waals surface area contributed by atoms with Gasteiger partial charge in [-0.05, 0) is 34.7 Å². The van der Waals surface area contributed by atoms with Gasteiger partial charge in [-0.3, -0.25) is 0 Å². The van der Waals surface area contributed by atoms with Gasteiger partial charge in [0.25, 0.3) is 0 Å². The van der Waals surface area contributed by atoms with Crippen LogP contribution >= 0.6 is 23.2 Å². The average molecular weight is 447 g/mol. The number of halogens is 2. The van der Waals surface area contributed by atoms with Crippen LogP contribution in [0.1, 0.15) is 25.0 Å². The number of hydrogen-bond donors (Lipinski definition) is 0. The highest BCUT2D eigenvalue weighted by Crippen LogP contribution is 2.44. The molecule has 0 unspecified atom stereocenters. The van der Waals surface area contributed by atoms with Crippen molar-refractivity contribution in [3.63, 3.8) is 0 Å². The van der Waals surface area contributed by atoms with E-state index in [2.05, 4.69) is 96.4 Å². The Bertz CT molecular complexity index is 1220. The first-order valence-electron chi connectivity index (χ1n) is 10.8. The lowest BCUT2D eigenvalue weighted by molar-refractivity contribution is 0.948. The molecule has 0 aliphatic carbocycles. The fraction of sp³-hybridized carbons (Fsp3) is 0.185. The van der Waals surface area contributed by atoms with Crippen molar-refractivity contribution in [3.05, 3.63) is 94.2 Å². The first kappa shape index (κ1) is 20.2. The van der Waals surface area contributed by atoms with E-state index in [1.165, 1.54) is 32.7 Å². The van der Waals surface area contributed by atoms with Crippen LogP contribution in [0.25, 0.3) is 21.5 Å². The molecular formula is C27H24Cl2N2. The second kappa shape index (κ2) is 8.11. The maximum Gasteiger partial charge on any atom is 0.146 e. The fourth-order valence-electron chi connectivity index (χ4n) is 4.63. The Kier molecular flexibility index (Phi) is 5.29. The summed E-state index contributed by atoms with van der Waals surface area (Å²) in [5, 5.41) is 5.94. The topological polar surface area (TPSA) is 6.48 Å². The Morgan fingerprint density at radius 1 is 0.613 bits per heavy atom. The summed E-state index contributed by atoms with van der Waals surface area (Å²) in [5.74, 6) is 0. The van der Waals surface area contributed by atoms with Crippen LogP contribution in [0.5, 0.6) is 0 Å². The minimum Gasteiger partial charge on any atom is -0.310 e. The van der Waals surface area contributed by atoms with Gasteiger partial charge in [-0.15, -0.1) is 0 Å². The van der Waals surface area contributed by atoms with Gasteiger partial charge in [0.05, 0.1) is 11.4 Å². The highest BCUT2D eigenvalue weighted by molar-refractivity contribution is 6.42. The van der Waals surface area contributed by atoms with Crippen molar-refractivity contribution in [1.82, 2.24) is 0 Å². The summed E-state index contributed by atoms with van der Waals surface area (Å²) in [7, 11) is 0. The molecule has 4 aromatic carbocycles. The van der Waals surface area contributed by atoms with Gasteiger partial charge in [0.2, 0.25) is 0 Å². The third-order valence-electron chi connectivity index (χ3n) is 6.20. The van der Waals surface area contributed by atoms with Crippen LogP contribution in [0.3, 0.4) is 0 Å². The van der Waals surface area contributed by atoms with Gasteiger partial charge in [-0.1, -0.05) is 110 Å². The van der Waals surface area contributed by atoms with E-state index < -0.39 is 0 Å². The molecule has 1 aliphatic rings. The second-order valence-electron chi connectivity index (χ2n) is 7.88. The number of hydrogen-bond acceptors (Lipinski definition) is 2. The quantitative estimate of drug-likeness (QED) is 0.293. The standard InChI is InChI=1S/C27H24Cl2N2/c1-3-18-13-15-20-9-5-7-11-22(20)24(18)30-17-31(27(29)26(30)28)25-19(4-2)14-16-21-10-6-8-12-23(21)25/h5-16H,3-4,17H2,1-2H3. The van der Waals surface area contributed by atoms with Crippen molar-refractivity contribution >= 4 is 56.1 Å². The molecule has 156 valence electrons. The molecular weight excluding hydrogens is 423 g/mol. The van der Waals surface area contributed by atoms with Crippen LogP contribution in [0.2, 0.25) is 0 Å². The highest BCUT2D eigenvalue weighted by Gasteiger charge is 2.32. The molecule has 0 atom stereocenters. The summed E-state index contributed by atoms with van der Waals surface area (Å²) < 4.78 is 0. The van der Waals surface area contributed by atoms with Gasteiger partial charge in [0.15, 0.2) is 0 Å². The van der Waals surface area contributed by atoms with Crippen molar-refractivity contribution in [2.45, 2.75) is 26.7 Å². The minimum absolute atomic E-state index is 0.572. The van der Waals surface area contributed by atoms with E-state index in [0.717, 1.165) is 24.2 Å². The zero-order valence-corrected chi connectivity index (χ0v) is 19.2. The molecule has 2 nitrogen and oxygen atoms in total. The number of aryl methyl sites for hydroxylation is 2. The lowest BCUT2D eigenvalue weighted by Crippen LogP contribution is -2.28. The summed E-state index contributed by atoms with van der Waals surface area (Å²) in [6, 6.07) is 25.7. The molecule has 0 saturated heterocycles. The molecule has 5 rings (SSSR count). The van der Waals surface area contributed by atoms with E-state index >= 15 is 0 Å². The third-order valence-corrected chi connectivity index (χ3v) is 7.06. The summed E-state index contributed by atoms with van der Waals surface area (Å²) in [5.41, 5.74) is 4.81. The molecule has 4 aromatic rings. The zero-order chi connectivity index (χ0) is 21.5. The van der Waals surface area contributed by atoms with E-state index in [1.54, 1.807) is 0 Å². The SMILES string of the molecule is CCc1ccc2ccccc2c1N1CN(c2c(CC)ccc3ccccc23)C(Cl)=C1Cl. The number of nitrogens with zero attached hydrogens (tertiary/aromatic N) is 2. The monoisotopic (exact) mass is 446 g/mol. The summed E-state index contributed by atoms with van der Waals surface area (Å²) in [6.45, 7) is 4.95. The zero-order valence-electron chi connectivity index (χ0n) is 17.7. The van der Waals surface area contributed by atoms with E-state index in [-0.39, 0.29) is 0 Å². The van der Waals surface area contributed by atoms with Gasteiger partial charge >= 0.3 is 0 Å². The Morgan fingerprint density at radius 3 is 1.45 bits per heavy atom. The maximum atomic E-state index is 6.92. The van der Waals surface area contributed by atoms with E-state index in [9.17, 15) is 0 Å². The van der Waals surface area contributed by atoms with Crippen molar-refractivity contribution in [1.29, 1.82) is 0 Å². The molecule has 0 N–H and O–H groups in total. The third kappa shape index (κ3) is 3.26. The molecule has 0 fully saturated rings. The van der Waals surface area contributed by atoms with Crippen molar-refractivity contribution in [3.8, 4) is 0 Å². The Morgan fingerprint density at radius 2 is 1.03 bits per heavy atom. The minimum atomic E-state index is 0.572. The summed E-state index contributed by atoms with van der Waals surface area (Å²) in [6.07, 6.45) is 1.85. The van der Waals surface area contributed by atoms with Gasteiger partial charge in [-0.2, -0.15) is 0 Å². The summed E-state index contributed by atoms with van der Waals surface area (Å²) >= 11 is 13.8. The lowest BCUT2D eigenvalue weighted by atomic mass is 10.0. The molecule has 1 aliphatic heterocycles. The Balaban J connectivity index is 1.69. The van der Waals surface area contributed by atoms with Crippen molar-refractivity contribution in [2.75, 3.05) is 16.5 Å². The number of anilines is 2. The van der Waals surface area contributed by atoms with E-state index in [1.807, 2.05) is 0 Å². The van der Waals surface area contributed by atoms with Crippen LogP contribution in [0.15, 0.2) is 83.1 Å². The molecule has 0 radical (unpaired) electrons. The smallest absolute Gasteiger partial charge is 0.146 e. The fourth-order valence-corrected chi connectivity index (χ4v) is 5.11. The Hall–Kier alpha value is -2.68. The molecule has 31 heavy (non-hydrogen) atoms. The van der Waals surface area contributed by atoms with Crippen LogP contribution in [-0.2, 0) is 12.8 Å². The maximum absolute atomic E-state index is 6.92. The predicted molar refractivity (Wildman–Crippen MR) is 135 cm³/mol. The second-order valence-corrected chi connectivity index (χ2v) is 8.59. The van der Waals surface area contributed by atoms with Crippen molar-refractivity contribution < 1.29 is 0 Å². The predicted octanol–water partition coefficient (Wildman–Crippen LogP) is 8.01. The highest BCUT2D eigenvalue weighted by atomic mass is 35.5. The molecule has 0 amide bonds. The van der Waals surface area contributed by atoms with Crippen molar-refractivity contribution in [2.24, 2.45) is 0 Å². The van der Waals surface area contributed by atoms with Gasteiger partial charge in [0.1, 0.15) is 17.0 Å². The molecule has 1 heterocycles. The molecule has 0 aromatic heterocycles. The number of rotatable bonds is 4. The number of fused-ring (bicyclic) bond motifs is 2. The van der Waals surface area contributed by atoms with E-state index in [0.29, 0.717) is 17.0 Å². The van der Waals surface area contributed by atoms with E-state index in [4.69, 9.17) is 23.2 Å². The first-order valence-corrected chi connectivity index (χ1v) is 11.5. The van der Waals surface area contributed by atoms with Crippen LogP contribution in [0, 0.1) is 0 Å². The molecule has 0 saturated carbocycles. The normalized spacial score (nSPS) is 14.3. The number of benzene rings is 4. The van der Waals surface area contributed by atoms with Crippen LogP contribution < -0.4 is 9.80 Å². The van der Waals surface area contributed by atoms with Gasteiger partial charge in [-0.25, -0.2) is 0 Å². The van der Waals surface area contributed by atoms with Gasteiger partial charge in [0, 0.05) is 10.8 Å². The molecule has 4 heteroatoms. The average Bonchev–Trinajstić information content (AvgIpc) is 3.11. The lowest BCUT2D eigenvalue weighted by Gasteiger charge is -2.27. The van der Waals surface area contributed by atoms with Crippen LogP contribution in [-0.4, -0.2) is 6.67 Å². The summed E-state index contributed by atoms with van der Waals surface area (Å²) in [4.78, 5) is 4.32. The molecule has 0 bridgehead atoms. The first-order chi connectivity index (χ1) is 15.1. The Labute approximate surface area is 193 Å². The van der Waals surface area contributed by atoms with Crippen LogP contribution in [0.4, 0.5) is 11.4 Å². The molecule has 0 spiro atoms. The largest absolute Gasteiger partial charge is 0.310 e.